The zero-order valence-electron chi connectivity index (χ0n) is 10.0. The molecule has 0 saturated heterocycles. The topological polar surface area (TPSA) is 88.0 Å². The van der Waals surface area contributed by atoms with Crippen LogP contribution >= 0.6 is 0 Å². The number of aromatic nitrogens is 3. The number of nitrogens with zero attached hydrogens (tertiary/aromatic N) is 3. The van der Waals surface area contributed by atoms with Gasteiger partial charge < -0.3 is 10.4 Å². The van der Waals surface area contributed by atoms with E-state index in [1.165, 1.54) is 6.07 Å². The number of carboxylic acid groups (broad SMARTS) is 1. The number of aryl methyl sites for hydroxylation is 2. The standard InChI is InChI=1S/C12H12N4O2/c1-7-3-4-9(8(2)13-7)14-11-6-5-10(12(17)18)15-16-11/h3-6H,1-2H3,(H,14,16)(H,17,18). The Hall–Kier alpha value is -2.50. The van der Waals surface area contributed by atoms with Crippen molar-refractivity contribution < 1.29 is 9.90 Å². The molecule has 0 fully saturated rings. The second-order valence-electron chi connectivity index (χ2n) is 3.82. The van der Waals surface area contributed by atoms with E-state index in [1.54, 1.807) is 6.07 Å². The first-order chi connectivity index (χ1) is 8.56. The van der Waals surface area contributed by atoms with E-state index in [0.717, 1.165) is 17.1 Å². The van der Waals surface area contributed by atoms with Crippen molar-refractivity contribution in [3.8, 4) is 0 Å². The largest absolute Gasteiger partial charge is 0.476 e. The van der Waals surface area contributed by atoms with E-state index in [-0.39, 0.29) is 5.69 Å². The second-order valence-corrected chi connectivity index (χ2v) is 3.82. The van der Waals surface area contributed by atoms with Gasteiger partial charge in [-0.25, -0.2) is 4.79 Å². The van der Waals surface area contributed by atoms with Crippen molar-refractivity contribution in [2.45, 2.75) is 13.8 Å². The molecule has 2 rings (SSSR count). The summed E-state index contributed by atoms with van der Waals surface area (Å²) >= 11 is 0. The smallest absolute Gasteiger partial charge is 0.356 e. The Kier molecular flexibility index (Phi) is 3.18. The van der Waals surface area contributed by atoms with Gasteiger partial charge in [0.15, 0.2) is 11.5 Å². The number of hydrogen-bond acceptors (Lipinski definition) is 5. The Morgan fingerprint density at radius 1 is 1.17 bits per heavy atom. The second kappa shape index (κ2) is 4.79. The molecule has 2 aromatic heterocycles. The highest BCUT2D eigenvalue weighted by Crippen LogP contribution is 2.17. The first kappa shape index (κ1) is 12.0. The molecular formula is C12H12N4O2. The molecule has 2 heterocycles. The van der Waals surface area contributed by atoms with Gasteiger partial charge in [-0.1, -0.05) is 0 Å². The highest BCUT2D eigenvalue weighted by Gasteiger charge is 2.06. The van der Waals surface area contributed by atoms with Gasteiger partial charge in [0.25, 0.3) is 0 Å². The lowest BCUT2D eigenvalue weighted by Gasteiger charge is -2.08. The van der Waals surface area contributed by atoms with Crippen molar-refractivity contribution in [3.05, 3.63) is 41.3 Å². The predicted molar refractivity (Wildman–Crippen MR) is 66.0 cm³/mol. The predicted octanol–water partition coefficient (Wildman–Crippen LogP) is 1.93. The number of pyridine rings is 1. The third kappa shape index (κ3) is 2.60. The molecule has 0 atom stereocenters. The third-order valence-corrected chi connectivity index (χ3v) is 2.37. The van der Waals surface area contributed by atoms with Crippen molar-refractivity contribution >= 4 is 17.5 Å². The van der Waals surface area contributed by atoms with Crippen LogP contribution < -0.4 is 5.32 Å². The van der Waals surface area contributed by atoms with Crippen molar-refractivity contribution in [1.82, 2.24) is 15.2 Å². The minimum atomic E-state index is -1.10. The van der Waals surface area contributed by atoms with Crippen LogP contribution in [0.2, 0.25) is 0 Å². The van der Waals surface area contributed by atoms with E-state index in [2.05, 4.69) is 20.5 Å². The summed E-state index contributed by atoms with van der Waals surface area (Å²) in [5.41, 5.74) is 2.52. The van der Waals surface area contributed by atoms with Crippen molar-refractivity contribution in [2.75, 3.05) is 5.32 Å². The lowest BCUT2D eigenvalue weighted by Crippen LogP contribution is -2.04. The van der Waals surface area contributed by atoms with Crippen molar-refractivity contribution in [2.24, 2.45) is 0 Å². The van der Waals surface area contributed by atoms with Gasteiger partial charge in [0.2, 0.25) is 0 Å². The van der Waals surface area contributed by atoms with Crippen molar-refractivity contribution in [3.63, 3.8) is 0 Å². The Balaban J connectivity index is 2.21. The van der Waals surface area contributed by atoms with Crippen LogP contribution in [-0.2, 0) is 0 Å². The molecule has 0 aliphatic heterocycles. The summed E-state index contributed by atoms with van der Waals surface area (Å²) in [6.07, 6.45) is 0. The summed E-state index contributed by atoms with van der Waals surface area (Å²) in [5.74, 6) is -0.615. The Labute approximate surface area is 104 Å². The molecule has 0 amide bonds. The van der Waals surface area contributed by atoms with Gasteiger partial charge in [-0.15, -0.1) is 10.2 Å². The lowest BCUT2D eigenvalue weighted by molar-refractivity contribution is 0.0689. The summed E-state index contributed by atoms with van der Waals surface area (Å²) in [4.78, 5) is 14.9. The first-order valence-corrected chi connectivity index (χ1v) is 5.34. The molecule has 18 heavy (non-hydrogen) atoms. The molecule has 92 valence electrons. The number of nitrogens with one attached hydrogen (secondary N) is 1. The number of carbonyl (C=O) groups is 1. The van der Waals surface area contributed by atoms with Crippen molar-refractivity contribution in [1.29, 1.82) is 0 Å². The fourth-order valence-electron chi connectivity index (χ4n) is 1.47. The summed E-state index contributed by atoms with van der Waals surface area (Å²) in [5, 5.41) is 19.1. The van der Waals surface area contributed by atoms with Gasteiger partial charge in [-0.3, -0.25) is 4.98 Å². The van der Waals surface area contributed by atoms with Gasteiger partial charge in [0, 0.05) is 5.69 Å². The van der Waals surface area contributed by atoms with Crippen LogP contribution in [0.3, 0.4) is 0 Å². The SMILES string of the molecule is Cc1ccc(Nc2ccc(C(=O)O)nn2)c(C)n1. The summed E-state index contributed by atoms with van der Waals surface area (Å²) < 4.78 is 0. The quantitative estimate of drug-likeness (QED) is 0.857. The molecular weight excluding hydrogens is 232 g/mol. The maximum atomic E-state index is 10.6. The van der Waals surface area contributed by atoms with Crippen LogP contribution in [-0.4, -0.2) is 26.3 Å². The van der Waals surface area contributed by atoms with Gasteiger partial charge in [-0.05, 0) is 38.1 Å². The van der Waals surface area contributed by atoms with Gasteiger partial charge in [0.1, 0.15) is 0 Å². The Morgan fingerprint density at radius 3 is 2.50 bits per heavy atom. The van der Waals surface area contributed by atoms with Crippen LogP contribution in [0, 0.1) is 13.8 Å². The molecule has 0 aliphatic rings. The molecule has 0 aliphatic carbocycles. The zero-order valence-corrected chi connectivity index (χ0v) is 10.0. The average molecular weight is 244 g/mol. The van der Waals surface area contributed by atoms with Crippen LogP contribution in [0.25, 0.3) is 0 Å². The summed E-state index contributed by atoms with van der Waals surface area (Å²) in [6.45, 7) is 3.80. The van der Waals surface area contributed by atoms with Gasteiger partial charge in [0.05, 0.1) is 11.4 Å². The third-order valence-electron chi connectivity index (χ3n) is 2.37. The number of hydrogen-bond donors (Lipinski definition) is 2. The Morgan fingerprint density at radius 2 is 1.94 bits per heavy atom. The van der Waals surface area contributed by atoms with E-state index in [0.29, 0.717) is 5.82 Å². The highest BCUT2D eigenvalue weighted by atomic mass is 16.4. The monoisotopic (exact) mass is 244 g/mol. The maximum Gasteiger partial charge on any atom is 0.356 e. The summed E-state index contributed by atoms with van der Waals surface area (Å²) in [6, 6.07) is 6.74. The van der Waals surface area contributed by atoms with Crippen LogP contribution in [0.5, 0.6) is 0 Å². The van der Waals surface area contributed by atoms with E-state index in [1.807, 2.05) is 26.0 Å². The molecule has 0 aromatic carbocycles. The number of anilines is 2. The zero-order chi connectivity index (χ0) is 13.1. The van der Waals surface area contributed by atoms with E-state index in [9.17, 15) is 4.79 Å². The van der Waals surface area contributed by atoms with Gasteiger partial charge in [-0.2, -0.15) is 0 Å². The van der Waals surface area contributed by atoms with Crippen LogP contribution in [0.15, 0.2) is 24.3 Å². The molecule has 0 saturated carbocycles. The highest BCUT2D eigenvalue weighted by molar-refractivity contribution is 5.85. The molecule has 6 nitrogen and oxygen atoms in total. The molecule has 0 unspecified atom stereocenters. The van der Waals surface area contributed by atoms with E-state index in [4.69, 9.17) is 5.11 Å². The minimum absolute atomic E-state index is 0.0840. The van der Waals surface area contributed by atoms with E-state index >= 15 is 0 Å². The van der Waals surface area contributed by atoms with Crippen LogP contribution in [0.4, 0.5) is 11.5 Å². The average Bonchev–Trinajstić information content (AvgIpc) is 2.33. The summed E-state index contributed by atoms with van der Waals surface area (Å²) in [7, 11) is 0. The molecule has 0 radical (unpaired) electrons. The molecule has 2 aromatic rings. The lowest BCUT2D eigenvalue weighted by atomic mass is 10.2. The maximum absolute atomic E-state index is 10.6. The Bertz CT molecular complexity index is 581. The van der Waals surface area contributed by atoms with Crippen LogP contribution in [0.1, 0.15) is 21.9 Å². The molecule has 6 heteroatoms. The van der Waals surface area contributed by atoms with Gasteiger partial charge >= 0.3 is 5.97 Å². The molecule has 2 N–H and O–H groups in total. The number of carboxylic acids is 1. The fourth-order valence-corrected chi connectivity index (χ4v) is 1.47. The first-order valence-electron chi connectivity index (χ1n) is 5.34. The normalized spacial score (nSPS) is 10.1. The molecule has 0 spiro atoms. The molecule has 0 bridgehead atoms. The van der Waals surface area contributed by atoms with E-state index < -0.39 is 5.97 Å². The number of rotatable bonds is 3. The minimum Gasteiger partial charge on any atom is -0.476 e. The fraction of sp³-hybridized carbons (Fsp3) is 0.167. The number of aromatic carboxylic acids is 1.